The van der Waals surface area contributed by atoms with Crippen LogP contribution in [0.25, 0.3) is 59.7 Å². The molecule has 1 aliphatic rings. The van der Waals surface area contributed by atoms with Crippen molar-refractivity contribution >= 4 is 68.8 Å². The Morgan fingerprint density at radius 2 is 1.27 bits per heavy atom. The fourth-order valence-corrected chi connectivity index (χ4v) is 10.4. The molecule has 0 N–H and O–H groups in total. The first-order chi connectivity index (χ1) is 29.8. The van der Waals surface area contributed by atoms with Crippen LogP contribution in [-0.2, 0) is 26.5 Å². The summed E-state index contributed by atoms with van der Waals surface area (Å²) in [5, 5.41) is 3.51. The molecule has 0 radical (unpaired) electrons. The Kier molecular flexibility index (Phi) is 10.3. The van der Waals surface area contributed by atoms with Crippen LogP contribution in [0.5, 0.6) is 11.5 Å². The van der Waals surface area contributed by atoms with E-state index in [2.05, 4.69) is 224 Å². The van der Waals surface area contributed by atoms with Crippen LogP contribution in [-0.4, -0.2) is 24.1 Å². The van der Waals surface area contributed by atoms with Gasteiger partial charge in [0, 0.05) is 49.3 Å². The zero-order chi connectivity index (χ0) is 41.2. The van der Waals surface area contributed by atoms with Gasteiger partial charge in [-0.15, -0.1) is 6.67 Å². The Morgan fingerprint density at radius 1 is 0.613 bits per heavy atom. The van der Waals surface area contributed by atoms with Gasteiger partial charge in [-0.1, -0.05) is 112 Å². The molecule has 10 aromatic rings. The molecule has 0 atom stereocenters. The van der Waals surface area contributed by atoms with Gasteiger partial charge in [0.2, 0.25) is 0 Å². The number of para-hydroxylation sites is 4. The first-order valence-corrected chi connectivity index (χ1v) is 22.5. The second kappa shape index (κ2) is 15.9. The number of ether oxygens (including phenoxy) is 1. The predicted molar refractivity (Wildman–Crippen MR) is 253 cm³/mol. The van der Waals surface area contributed by atoms with Crippen molar-refractivity contribution in [1.82, 2.24) is 9.55 Å². The van der Waals surface area contributed by atoms with E-state index >= 15 is 0 Å². The molecule has 4 heterocycles. The van der Waals surface area contributed by atoms with Crippen LogP contribution in [0.15, 0.2) is 169 Å². The molecule has 7 aromatic carbocycles. The number of pyridine rings is 1. The van der Waals surface area contributed by atoms with Crippen molar-refractivity contribution in [1.29, 1.82) is 0 Å². The van der Waals surface area contributed by atoms with Crippen LogP contribution in [0.2, 0.25) is 0 Å². The molecule has 0 saturated carbocycles. The zero-order valence-electron chi connectivity index (χ0n) is 34.7. The number of nitrogens with zero attached hydrogens (tertiary/aromatic N) is 4. The quantitative estimate of drug-likeness (QED) is 0.118. The third-order valence-corrected chi connectivity index (χ3v) is 13.4. The average molecular weight is 1050 g/mol. The van der Waals surface area contributed by atoms with Gasteiger partial charge in [-0.25, -0.2) is 0 Å². The van der Waals surface area contributed by atoms with E-state index in [0.717, 1.165) is 78.2 Å². The number of aromatic nitrogens is 2. The number of aryl methyl sites for hydroxylation is 1. The molecule has 7 heteroatoms. The minimum atomic E-state index is -0.172. The normalized spacial score (nSPS) is 12.6. The van der Waals surface area contributed by atoms with Gasteiger partial charge in [-0.2, -0.15) is 0 Å². The Balaban J connectivity index is 0.00000458. The monoisotopic (exact) mass is 1050 g/mol. The summed E-state index contributed by atoms with van der Waals surface area (Å²) in [4.78, 5) is 12.0. The van der Waals surface area contributed by atoms with Crippen molar-refractivity contribution in [2.24, 2.45) is 0 Å². The first-order valence-electron chi connectivity index (χ1n) is 20.6. The molecule has 62 heavy (non-hydrogen) atoms. The molecule has 0 saturated heterocycles. The molecule has 0 spiro atoms. The molecule has 11 rings (SSSR count). The van der Waals surface area contributed by atoms with E-state index in [0.29, 0.717) is 11.5 Å². The summed E-state index contributed by atoms with van der Waals surface area (Å²) in [7, 11) is 0. The van der Waals surface area contributed by atoms with Crippen LogP contribution in [0, 0.1) is 25.7 Å². The maximum atomic E-state index is 6.85. The zero-order valence-corrected chi connectivity index (χ0v) is 38.7. The van der Waals surface area contributed by atoms with Gasteiger partial charge in [0.15, 0.2) is 0 Å². The summed E-state index contributed by atoms with van der Waals surface area (Å²) in [5.74, 6) is 2.15. The largest absolute Gasteiger partial charge is 0 e. The van der Waals surface area contributed by atoms with E-state index < -0.39 is 0 Å². The number of benzene rings is 7. The van der Waals surface area contributed by atoms with Crippen molar-refractivity contribution in [2.45, 2.75) is 33.1 Å². The second-order valence-corrected chi connectivity index (χ2v) is 18.5. The van der Waals surface area contributed by atoms with Crippen molar-refractivity contribution in [3.05, 3.63) is 199 Å². The molecule has 5 nitrogen and oxygen atoms in total. The predicted octanol–water partition coefficient (Wildman–Crippen LogP) is 14.1. The minimum absolute atomic E-state index is 0. The molecular weight excluding hydrogens is 1010 g/mol. The van der Waals surface area contributed by atoms with E-state index in [4.69, 9.17) is 9.72 Å². The van der Waals surface area contributed by atoms with Gasteiger partial charge < -0.3 is 4.90 Å². The molecule has 3 aromatic heterocycles. The summed E-state index contributed by atoms with van der Waals surface area (Å²) in [6.45, 7) is 11.1. The van der Waals surface area contributed by atoms with Crippen molar-refractivity contribution in [2.75, 3.05) is 9.80 Å². The van der Waals surface area contributed by atoms with Gasteiger partial charge in [0.25, 0.3) is 0 Å². The fraction of sp³-hybridized carbons (Fsp3) is 0.0909. The molecule has 0 unspecified atom stereocenters. The summed E-state index contributed by atoms with van der Waals surface area (Å²) >= 11 is 0.220. The third kappa shape index (κ3) is 6.97. The molecule has 306 valence electrons. The third-order valence-electron chi connectivity index (χ3n) is 11.7. The Labute approximate surface area is 382 Å². The number of rotatable bonds is 7. The topological polar surface area (TPSA) is 33.5 Å². The molecule has 1 aliphatic heterocycles. The number of hydrogen-bond donors (Lipinski definition) is 0. The van der Waals surface area contributed by atoms with Crippen molar-refractivity contribution < 1.29 is 25.8 Å². The van der Waals surface area contributed by atoms with Gasteiger partial charge >= 0.3 is 189 Å². The second-order valence-electron chi connectivity index (χ2n) is 16.6. The standard InChI is InChI=1S/C55H41N4OSe.Pt/c1-36-30-52(56-54-43(36)28-29-61-54)59-48-23-12-11-20-46(48)47-27-26-41(34-51(47)59)60-42-32-39(55(2,3)4)31-40(33-42)57-35-58(50-25-14-13-24-49(50)57)53-44(37-16-7-5-8-17-37)21-15-22-45(53)38-18-9-6-10-19-38;/h5-32,35H,1-4H3;/q-3;. The smallest absolute Gasteiger partial charge is 0 e. The van der Waals surface area contributed by atoms with E-state index in [1.165, 1.54) is 15.3 Å². The van der Waals surface area contributed by atoms with Crippen LogP contribution < -0.4 is 14.5 Å². The van der Waals surface area contributed by atoms with Crippen LogP contribution in [0.4, 0.5) is 22.7 Å². The first kappa shape index (κ1) is 39.9. The number of fused-ring (bicyclic) bond motifs is 5. The summed E-state index contributed by atoms with van der Waals surface area (Å²) in [6.07, 6.45) is 0. The summed E-state index contributed by atoms with van der Waals surface area (Å²) in [6, 6.07) is 65.4. The van der Waals surface area contributed by atoms with E-state index in [-0.39, 0.29) is 41.0 Å². The number of hydrogen-bond acceptors (Lipinski definition) is 4. The van der Waals surface area contributed by atoms with Gasteiger partial charge in [0.05, 0.1) is 0 Å². The maximum Gasteiger partial charge on any atom is 0 e. The molecule has 0 aliphatic carbocycles. The Hall–Kier alpha value is -6.16. The van der Waals surface area contributed by atoms with Crippen LogP contribution in [0.3, 0.4) is 0 Å². The van der Waals surface area contributed by atoms with Crippen molar-refractivity contribution in [3.63, 3.8) is 0 Å². The molecular formula is C55H41N4OPtSe-3. The van der Waals surface area contributed by atoms with E-state index in [1.807, 2.05) is 6.07 Å². The van der Waals surface area contributed by atoms with Crippen molar-refractivity contribution in [3.8, 4) is 39.6 Å². The molecule has 0 bridgehead atoms. The minimum Gasteiger partial charge on any atom is 0 e. The Bertz CT molecular complexity index is 3220. The van der Waals surface area contributed by atoms with Crippen LogP contribution in [0.1, 0.15) is 31.9 Å². The van der Waals surface area contributed by atoms with Gasteiger partial charge in [0.1, 0.15) is 0 Å². The van der Waals surface area contributed by atoms with Gasteiger partial charge in [-0.3, -0.25) is 0 Å². The number of anilines is 4. The van der Waals surface area contributed by atoms with Crippen LogP contribution >= 0.6 is 0 Å². The Morgan fingerprint density at radius 3 is 1.98 bits per heavy atom. The summed E-state index contributed by atoms with van der Waals surface area (Å²) in [5.41, 5.74) is 13.0. The molecule has 0 fully saturated rings. The summed E-state index contributed by atoms with van der Waals surface area (Å²) < 4.78 is 10.3. The van der Waals surface area contributed by atoms with E-state index in [1.54, 1.807) is 0 Å². The fourth-order valence-electron chi connectivity index (χ4n) is 8.63. The van der Waals surface area contributed by atoms with E-state index in [9.17, 15) is 0 Å². The van der Waals surface area contributed by atoms with Gasteiger partial charge in [-0.05, 0) is 23.3 Å². The maximum absolute atomic E-state index is 6.85. The molecule has 0 amide bonds. The average Bonchev–Trinajstić information content (AvgIpc) is 4.01. The SMILES string of the molecule is Cc1cc(-n2c3[c-]c(Oc4[c-]c(N5[CH-]N(c6c(-c7ccccc7)cccc6-c6ccccc6)c6ccccc65)cc(C(C)(C)C)c4)ccc3c3ccccc32)nc2[se]ccc12.[Pt].